The second-order valence-corrected chi connectivity index (χ2v) is 5.78. The lowest BCUT2D eigenvalue weighted by Crippen LogP contribution is -2.31. The zero-order valence-corrected chi connectivity index (χ0v) is 10.5. The molecule has 1 saturated carbocycles. The maximum Gasteiger partial charge on any atom is 0.163 e. The number of hydrogen-bond acceptors (Lipinski definition) is 2. The van der Waals surface area contributed by atoms with Crippen LogP contribution < -0.4 is 0 Å². The van der Waals surface area contributed by atoms with Gasteiger partial charge < -0.3 is 4.74 Å². The molecule has 2 atom stereocenters. The van der Waals surface area contributed by atoms with Gasteiger partial charge in [-0.25, -0.2) is 0 Å². The van der Waals surface area contributed by atoms with E-state index >= 15 is 0 Å². The second kappa shape index (κ2) is 5.11. The normalized spacial score (nSPS) is 27.7. The first-order valence-corrected chi connectivity index (χ1v) is 6.06. The van der Waals surface area contributed by atoms with Gasteiger partial charge in [-0.1, -0.05) is 40.5 Å². The summed E-state index contributed by atoms with van der Waals surface area (Å²) in [7, 11) is 0. The lowest BCUT2D eigenvalue weighted by atomic mass is 9.87. The van der Waals surface area contributed by atoms with Gasteiger partial charge in [0.25, 0.3) is 0 Å². The van der Waals surface area contributed by atoms with E-state index in [2.05, 4.69) is 6.92 Å². The molecule has 2 nitrogen and oxygen atoms in total. The Kier molecular flexibility index (Phi) is 4.32. The lowest BCUT2D eigenvalue weighted by Gasteiger charge is -2.29. The van der Waals surface area contributed by atoms with Crippen molar-refractivity contribution in [2.75, 3.05) is 6.61 Å². The van der Waals surface area contributed by atoms with E-state index in [9.17, 15) is 4.79 Å². The summed E-state index contributed by atoms with van der Waals surface area (Å²) in [6.07, 6.45) is 5.24. The van der Waals surface area contributed by atoms with Crippen LogP contribution in [0.25, 0.3) is 0 Å². The van der Waals surface area contributed by atoms with Gasteiger partial charge in [0.1, 0.15) is 6.61 Å². The molecular formula is C13H24O2. The van der Waals surface area contributed by atoms with E-state index in [1.54, 1.807) is 0 Å². The topological polar surface area (TPSA) is 26.3 Å². The van der Waals surface area contributed by atoms with Crippen LogP contribution in [0, 0.1) is 11.3 Å². The van der Waals surface area contributed by atoms with Crippen LogP contribution in [0.2, 0.25) is 0 Å². The number of hydrogen-bond donors (Lipinski definition) is 0. The highest BCUT2D eigenvalue weighted by molar-refractivity contribution is 5.84. The van der Waals surface area contributed by atoms with Gasteiger partial charge in [-0.15, -0.1) is 0 Å². The van der Waals surface area contributed by atoms with Gasteiger partial charge >= 0.3 is 0 Å². The molecule has 1 rings (SSSR count). The first-order valence-electron chi connectivity index (χ1n) is 6.06. The molecule has 0 amide bonds. The van der Waals surface area contributed by atoms with E-state index < -0.39 is 0 Å². The van der Waals surface area contributed by atoms with Crippen molar-refractivity contribution in [1.82, 2.24) is 0 Å². The largest absolute Gasteiger partial charge is 0.370 e. The zero-order valence-electron chi connectivity index (χ0n) is 10.5. The number of Topliss-reactive ketones (excluding diaryl/α,β-unsaturated/α-hetero) is 1. The molecule has 0 aromatic carbocycles. The van der Waals surface area contributed by atoms with Crippen LogP contribution >= 0.6 is 0 Å². The highest BCUT2D eigenvalue weighted by atomic mass is 16.5. The molecule has 15 heavy (non-hydrogen) atoms. The molecule has 2 heteroatoms. The smallest absolute Gasteiger partial charge is 0.163 e. The molecule has 1 fully saturated rings. The molecule has 0 aromatic rings. The third-order valence-electron chi connectivity index (χ3n) is 3.30. The summed E-state index contributed by atoms with van der Waals surface area (Å²) in [6.45, 7) is 8.36. The van der Waals surface area contributed by atoms with Crippen molar-refractivity contribution >= 4 is 5.78 Å². The summed E-state index contributed by atoms with van der Waals surface area (Å²) < 4.78 is 5.73. The molecule has 0 aliphatic heterocycles. The Hall–Kier alpha value is -0.370. The summed E-state index contributed by atoms with van der Waals surface area (Å²) in [5, 5.41) is 0. The van der Waals surface area contributed by atoms with E-state index in [4.69, 9.17) is 4.74 Å². The average Bonchev–Trinajstić information content (AvgIpc) is 2.14. The minimum Gasteiger partial charge on any atom is -0.370 e. The Bertz CT molecular complexity index is 215. The molecule has 0 heterocycles. The van der Waals surface area contributed by atoms with Gasteiger partial charge in [0.05, 0.1) is 6.10 Å². The van der Waals surface area contributed by atoms with Gasteiger partial charge in [-0.05, 0) is 18.8 Å². The highest BCUT2D eigenvalue weighted by Gasteiger charge is 2.26. The quantitative estimate of drug-likeness (QED) is 0.718. The van der Waals surface area contributed by atoms with Crippen LogP contribution in [0.5, 0.6) is 0 Å². The predicted molar refractivity (Wildman–Crippen MR) is 61.8 cm³/mol. The third-order valence-corrected chi connectivity index (χ3v) is 3.30. The second-order valence-electron chi connectivity index (χ2n) is 5.78. The fraction of sp³-hybridized carbons (Fsp3) is 0.923. The number of ether oxygens (including phenoxy) is 1. The summed E-state index contributed by atoms with van der Waals surface area (Å²) in [4.78, 5) is 11.7. The average molecular weight is 212 g/mol. The SMILES string of the molecule is CC1CCCCC1OCC(=O)C(C)(C)C. The number of carbonyl (C=O) groups is 1. The summed E-state index contributed by atoms with van der Waals surface area (Å²) in [5.41, 5.74) is -0.266. The summed E-state index contributed by atoms with van der Waals surface area (Å²) >= 11 is 0. The van der Waals surface area contributed by atoms with Crippen LogP contribution in [-0.4, -0.2) is 18.5 Å². The van der Waals surface area contributed by atoms with E-state index in [1.807, 2.05) is 20.8 Å². The molecule has 0 aromatic heterocycles. The van der Waals surface area contributed by atoms with Crippen LogP contribution in [0.4, 0.5) is 0 Å². The van der Waals surface area contributed by atoms with Gasteiger partial charge in [0, 0.05) is 5.41 Å². The third kappa shape index (κ3) is 3.94. The Labute approximate surface area is 93.4 Å². The number of carbonyl (C=O) groups excluding carboxylic acids is 1. The van der Waals surface area contributed by atoms with E-state index in [1.165, 1.54) is 19.3 Å². The maximum atomic E-state index is 11.7. The number of ketones is 1. The fourth-order valence-electron chi connectivity index (χ4n) is 1.93. The molecule has 0 N–H and O–H groups in total. The highest BCUT2D eigenvalue weighted by Crippen LogP contribution is 2.26. The first kappa shape index (κ1) is 12.7. The molecule has 0 saturated heterocycles. The molecule has 2 unspecified atom stereocenters. The molecular weight excluding hydrogens is 188 g/mol. The van der Waals surface area contributed by atoms with Crippen molar-refractivity contribution in [3.8, 4) is 0 Å². The zero-order chi connectivity index (χ0) is 11.5. The molecule has 1 aliphatic rings. The van der Waals surface area contributed by atoms with Crippen molar-refractivity contribution in [2.45, 2.75) is 59.5 Å². The Morgan fingerprint density at radius 3 is 2.40 bits per heavy atom. The fourth-order valence-corrected chi connectivity index (χ4v) is 1.93. The minimum absolute atomic E-state index is 0.209. The number of rotatable bonds is 3. The van der Waals surface area contributed by atoms with Crippen LogP contribution in [0.3, 0.4) is 0 Å². The van der Waals surface area contributed by atoms with Crippen LogP contribution in [-0.2, 0) is 9.53 Å². The van der Waals surface area contributed by atoms with Crippen molar-refractivity contribution in [3.63, 3.8) is 0 Å². The summed E-state index contributed by atoms with van der Waals surface area (Å²) in [5.74, 6) is 0.826. The van der Waals surface area contributed by atoms with Crippen molar-refractivity contribution in [1.29, 1.82) is 0 Å². The van der Waals surface area contributed by atoms with Gasteiger partial charge in [0.15, 0.2) is 5.78 Å². The molecule has 0 radical (unpaired) electrons. The Balaban J connectivity index is 2.33. The van der Waals surface area contributed by atoms with E-state index in [0.717, 1.165) is 6.42 Å². The molecule has 88 valence electrons. The van der Waals surface area contributed by atoms with Crippen molar-refractivity contribution in [3.05, 3.63) is 0 Å². The summed E-state index contributed by atoms with van der Waals surface area (Å²) in [6, 6.07) is 0. The Morgan fingerprint density at radius 1 is 1.27 bits per heavy atom. The first-order chi connectivity index (χ1) is 6.91. The molecule has 0 spiro atoms. The van der Waals surface area contributed by atoms with Gasteiger partial charge in [0.2, 0.25) is 0 Å². The van der Waals surface area contributed by atoms with Crippen LogP contribution in [0.1, 0.15) is 53.4 Å². The van der Waals surface area contributed by atoms with E-state index in [-0.39, 0.29) is 11.2 Å². The van der Waals surface area contributed by atoms with Crippen molar-refractivity contribution in [2.24, 2.45) is 11.3 Å². The molecule has 0 bridgehead atoms. The van der Waals surface area contributed by atoms with Crippen molar-refractivity contribution < 1.29 is 9.53 Å². The minimum atomic E-state index is -0.266. The Morgan fingerprint density at radius 2 is 1.87 bits per heavy atom. The van der Waals surface area contributed by atoms with Gasteiger partial charge in [-0.2, -0.15) is 0 Å². The predicted octanol–water partition coefficient (Wildman–Crippen LogP) is 3.20. The van der Waals surface area contributed by atoms with E-state index in [0.29, 0.717) is 18.6 Å². The standard InChI is InChI=1S/C13H24O2/c1-10-7-5-6-8-11(10)15-9-12(14)13(2,3)4/h10-11H,5-9H2,1-4H3. The van der Waals surface area contributed by atoms with Gasteiger partial charge in [-0.3, -0.25) is 4.79 Å². The lowest BCUT2D eigenvalue weighted by molar-refractivity contribution is -0.135. The maximum absolute atomic E-state index is 11.7. The van der Waals surface area contributed by atoms with Crippen LogP contribution in [0.15, 0.2) is 0 Å². The molecule has 1 aliphatic carbocycles. The monoisotopic (exact) mass is 212 g/mol.